The van der Waals surface area contributed by atoms with Crippen molar-refractivity contribution in [3.8, 4) is 0 Å². The molecule has 0 saturated heterocycles. The fourth-order valence-electron chi connectivity index (χ4n) is 1.43. The summed E-state index contributed by atoms with van der Waals surface area (Å²) in [4.78, 5) is 21.9. The van der Waals surface area contributed by atoms with Crippen LogP contribution in [-0.4, -0.2) is 42.9 Å². The summed E-state index contributed by atoms with van der Waals surface area (Å²) in [5, 5.41) is 13.9. The number of rotatable bonds is 6. The SMILES string of the molecule is COC(CNC(=O)NC(C)C1CC1)C(=O)O. The summed E-state index contributed by atoms with van der Waals surface area (Å²) < 4.78 is 4.68. The van der Waals surface area contributed by atoms with E-state index in [2.05, 4.69) is 15.4 Å². The number of carbonyl (C=O) groups is 2. The van der Waals surface area contributed by atoms with Crippen LogP contribution in [-0.2, 0) is 9.53 Å². The Balaban J connectivity index is 2.20. The minimum atomic E-state index is -1.09. The second kappa shape index (κ2) is 5.69. The molecule has 16 heavy (non-hydrogen) atoms. The molecule has 1 fully saturated rings. The molecule has 1 saturated carbocycles. The topological polar surface area (TPSA) is 87.7 Å². The molecule has 0 aliphatic heterocycles. The summed E-state index contributed by atoms with van der Waals surface area (Å²) in [6.45, 7) is 1.91. The third-order valence-electron chi connectivity index (χ3n) is 2.70. The molecular weight excluding hydrogens is 212 g/mol. The van der Waals surface area contributed by atoms with Crippen molar-refractivity contribution in [1.82, 2.24) is 10.6 Å². The van der Waals surface area contributed by atoms with Crippen LogP contribution in [0.15, 0.2) is 0 Å². The van der Waals surface area contributed by atoms with Crippen LogP contribution >= 0.6 is 0 Å². The number of carboxylic acid groups (broad SMARTS) is 1. The van der Waals surface area contributed by atoms with Crippen molar-refractivity contribution in [3.63, 3.8) is 0 Å². The van der Waals surface area contributed by atoms with Gasteiger partial charge in [-0.05, 0) is 25.7 Å². The largest absolute Gasteiger partial charge is 0.479 e. The molecule has 0 bridgehead atoms. The van der Waals surface area contributed by atoms with Gasteiger partial charge in [-0.15, -0.1) is 0 Å². The lowest BCUT2D eigenvalue weighted by Gasteiger charge is -2.15. The maximum absolute atomic E-state index is 11.4. The molecule has 0 aromatic heterocycles. The van der Waals surface area contributed by atoms with E-state index in [9.17, 15) is 9.59 Å². The molecule has 0 aromatic rings. The summed E-state index contributed by atoms with van der Waals surface area (Å²) >= 11 is 0. The van der Waals surface area contributed by atoms with Crippen molar-refractivity contribution in [3.05, 3.63) is 0 Å². The Kier molecular flexibility index (Phi) is 4.54. The van der Waals surface area contributed by atoms with Gasteiger partial charge in [0.1, 0.15) is 0 Å². The lowest BCUT2D eigenvalue weighted by atomic mass is 10.2. The molecule has 2 amide bonds. The van der Waals surface area contributed by atoms with Crippen LogP contribution in [0.25, 0.3) is 0 Å². The number of hydrogen-bond acceptors (Lipinski definition) is 3. The quantitative estimate of drug-likeness (QED) is 0.607. The molecule has 1 rings (SSSR count). The van der Waals surface area contributed by atoms with Crippen molar-refractivity contribution in [2.75, 3.05) is 13.7 Å². The van der Waals surface area contributed by atoms with Gasteiger partial charge in [0, 0.05) is 13.2 Å². The number of nitrogens with one attached hydrogen (secondary N) is 2. The van der Waals surface area contributed by atoms with Gasteiger partial charge in [0.05, 0.1) is 6.54 Å². The van der Waals surface area contributed by atoms with Crippen LogP contribution in [0.2, 0.25) is 0 Å². The number of carboxylic acids is 1. The van der Waals surface area contributed by atoms with Crippen LogP contribution in [0.4, 0.5) is 4.79 Å². The number of carbonyl (C=O) groups excluding carboxylic acids is 1. The molecule has 0 heterocycles. The van der Waals surface area contributed by atoms with Gasteiger partial charge in [-0.25, -0.2) is 9.59 Å². The third-order valence-corrected chi connectivity index (χ3v) is 2.70. The molecule has 0 spiro atoms. The average Bonchev–Trinajstić information content (AvgIpc) is 3.00. The van der Waals surface area contributed by atoms with Gasteiger partial charge in [0.2, 0.25) is 0 Å². The minimum absolute atomic E-state index is 0.0327. The normalized spacial score (nSPS) is 18.6. The monoisotopic (exact) mass is 230 g/mol. The molecule has 6 heteroatoms. The Morgan fingerprint density at radius 2 is 2.12 bits per heavy atom. The van der Waals surface area contributed by atoms with Crippen molar-refractivity contribution < 1.29 is 19.4 Å². The first kappa shape index (κ1) is 12.8. The molecule has 0 aromatic carbocycles. The zero-order valence-electron chi connectivity index (χ0n) is 9.53. The fourth-order valence-corrected chi connectivity index (χ4v) is 1.43. The first-order valence-electron chi connectivity index (χ1n) is 5.34. The number of methoxy groups -OCH3 is 1. The lowest BCUT2D eigenvalue weighted by Crippen LogP contribution is -2.46. The Hall–Kier alpha value is -1.30. The first-order chi connectivity index (χ1) is 7.54. The molecule has 2 atom stereocenters. The molecule has 3 N–H and O–H groups in total. The van der Waals surface area contributed by atoms with Crippen LogP contribution in [0.1, 0.15) is 19.8 Å². The van der Waals surface area contributed by atoms with E-state index >= 15 is 0 Å². The average molecular weight is 230 g/mol. The zero-order chi connectivity index (χ0) is 12.1. The van der Waals surface area contributed by atoms with Gasteiger partial charge in [-0.1, -0.05) is 0 Å². The Labute approximate surface area is 94.3 Å². The number of urea groups is 1. The molecule has 0 radical (unpaired) electrons. The van der Waals surface area contributed by atoms with Crippen molar-refractivity contribution in [2.24, 2.45) is 5.92 Å². The van der Waals surface area contributed by atoms with Gasteiger partial charge >= 0.3 is 12.0 Å². The molecule has 1 aliphatic carbocycles. The second-order valence-electron chi connectivity index (χ2n) is 4.04. The highest BCUT2D eigenvalue weighted by atomic mass is 16.5. The Morgan fingerprint density at radius 1 is 1.50 bits per heavy atom. The fraction of sp³-hybridized carbons (Fsp3) is 0.800. The lowest BCUT2D eigenvalue weighted by molar-refractivity contribution is -0.147. The van der Waals surface area contributed by atoms with Gasteiger partial charge in [0.15, 0.2) is 6.10 Å². The Morgan fingerprint density at radius 3 is 2.56 bits per heavy atom. The number of hydrogen-bond donors (Lipinski definition) is 3. The van der Waals surface area contributed by atoms with Crippen molar-refractivity contribution in [1.29, 1.82) is 0 Å². The minimum Gasteiger partial charge on any atom is -0.479 e. The summed E-state index contributed by atoms with van der Waals surface area (Å²) in [5.41, 5.74) is 0. The van der Waals surface area contributed by atoms with E-state index in [-0.39, 0.29) is 18.6 Å². The Bertz CT molecular complexity index is 266. The highest BCUT2D eigenvalue weighted by molar-refractivity contribution is 5.77. The van der Waals surface area contributed by atoms with E-state index in [1.807, 2.05) is 6.92 Å². The number of ether oxygens (including phenoxy) is 1. The number of amides is 2. The zero-order valence-corrected chi connectivity index (χ0v) is 9.53. The van der Waals surface area contributed by atoms with Gasteiger partial charge in [-0.2, -0.15) is 0 Å². The van der Waals surface area contributed by atoms with Crippen LogP contribution in [0, 0.1) is 5.92 Å². The van der Waals surface area contributed by atoms with E-state index in [4.69, 9.17) is 5.11 Å². The van der Waals surface area contributed by atoms with E-state index in [1.165, 1.54) is 7.11 Å². The van der Waals surface area contributed by atoms with E-state index < -0.39 is 12.1 Å². The maximum Gasteiger partial charge on any atom is 0.334 e. The predicted molar refractivity (Wildman–Crippen MR) is 57.2 cm³/mol. The molecule has 2 unspecified atom stereocenters. The summed E-state index contributed by atoms with van der Waals surface area (Å²) in [6, 6.07) is -0.200. The van der Waals surface area contributed by atoms with Crippen LogP contribution in [0.5, 0.6) is 0 Å². The summed E-state index contributed by atoms with van der Waals surface area (Å²) in [6.07, 6.45) is 1.30. The molecular formula is C10H18N2O4. The molecule has 1 aliphatic rings. The van der Waals surface area contributed by atoms with E-state index in [0.717, 1.165) is 12.8 Å². The molecule has 92 valence electrons. The predicted octanol–water partition coefficient (Wildman–Crippen LogP) is 0.184. The first-order valence-corrected chi connectivity index (χ1v) is 5.34. The van der Waals surface area contributed by atoms with Gasteiger partial charge in [-0.3, -0.25) is 0 Å². The molecule has 6 nitrogen and oxygen atoms in total. The van der Waals surface area contributed by atoms with Crippen LogP contribution < -0.4 is 10.6 Å². The van der Waals surface area contributed by atoms with E-state index in [1.54, 1.807) is 0 Å². The standard InChI is InChI=1S/C10H18N2O4/c1-6(7-3-4-7)12-10(15)11-5-8(16-2)9(13)14/h6-8H,3-5H2,1-2H3,(H,13,14)(H2,11,12,15). The summed E-state index contributed by atoms with van der Waals surface area (Å²) in [7, 11) is 1.30. The second-order valence-corrected chi connectivity index (χ2v) is 4.04. The van der Waals surface area contributed by atoms with Gasteiger partial charge in [0.25, 0.3) is 0 Å². The smallest absolute Gasteiger partial charge is 0.334 e. The van der Waals surface area contributed by atoms with Crippen molar-refractivity contribution in [2.45, 2.75) is 31.9 Å². The van der Waals surface area contributed by atoms with E-state index in [0.29, 0.717) is 5.92 Å². The highest BCUT2D eigenvalue weighted by Gasteiger charge is 2.29. The van der Waals surface area contributed by atoms with Gasteiger partial charge < -0.3 is 20.5 Å². The van der Waals surface area contributed by atoms with Crippen LogP contribution in [0.3, 0.4) is 0 Å². The van der Waals surface area contributed by atoms with Crippen molar-refractivity contribution >= 4 is 12.0 Å². The summed E-state index contributed by atoms with van der Waals surface area (Å²) in [5.74, 6) is -0.513. The third kappa shape index (κ3) is 4.06. The highest BCUT2D eigenvalue weighted by Crippen LogP contribution is 2.32. The maximum atomic E-state index is 11.4. The number of aliphatic carboxylic acids is 1.